The number of ether oxygens (including phenoxy) is 2. The Morgan fingerprint density at radius 3 is 2.86 bits per heavy atom. The number of rotatable bonds is 2. The van der Waals surface area contributed by atoms with Gasteiger partial charge in [-0.15, -0.1) is 0 Å². The Morgan fingerprint density at radius 1 is 1.64 bits per heavy atom. The lowest BCUT2D eigenvalue weighted by Gasteiger charge is -2.05. The average Bonchev–Trinajstić information content (AvgIpc) is 3.01. The summed E-state index contributed by atoms with van der Waals surface area (Å²) < 4.78 is 23.3. The van der Waals surface area contributed by atoms with E-state index in [0.717, 1.165) is 0 Å². The number of nitrogens with zero attached hydrogens (tertiary/aromatic N) is 1. The molecule has 1 aliphatic heterocycles. The first-order chi connectivity index (χ1) is 6.76. The van der Waals surface area contributed by atoms with E-state index in [4.69, 9.17) is 16.0 Å². The topological polar surface area (TPSA) is 26.1 Å². The van der Waals surface area contributed by atoms with Crippen LogP contribution < -0.4 is 4.74 Å². The van der Waals surface area contributed by atoms with E-state index >= 15 is 0 Å². The van der Waals surface area contributed by atoms with Crippen molar-refractivity contribution in [3.8, 4) is 5.75 Å². The zero-order valence-electron chi connectivity index (χ0n) is 7.58. The predicted octanol–water partition coefficient (Wildman–Crippen LogP) is 2.46. The van der Waals surface area contributed by atoms with Crippen molar-refractivity contribution in [3.63, 3.8) is 0 Å². The van der Waals surface area contributed by atoms with Gasteiger partial charge in [0.25, 0.3) is 0 Å². The molecule has 1 fully saturated rings. The highest BCUT2D eigenvalue weighted by Gasteiger charge is 2.29. The number of epoxide rings is 1. The van der Waals surface area contributed by atoms with E-state index in [1.807, 2.05) is 0 Å². The van der Waals surface area contributed by atoms with Gasteiger partial charge in [-0.25, -0.2) is 9.24 Å². The first-order valence-corrected chi connectivity index (χ1v) is 4.12. The van der Waals surface area contributed by atoms with Gasteiger partial charge in [0.1, 0.15) is 17.7 Å². The monoisotopic (exact) mass is 193 g/mol. The third-order valence-corrected chi connectivity index (χ3v) is 2.10. The molecule has 0 bridgehead atoms. The summed E-state index contributed by atoms with van der Waals surface area (Å²) in [7, 11) is 1.46. The molecule has 0 amide bonds. The van der Waals surface area contributed by atoms with Gasteiger partial charge in [0.05, 0.1) is 20.3 Å². The van der Waals surface area contributed by atoms with Gasteiger partial charge in [-0.05, 0) is 12.1 Å². The molecule has 2 rings (SSSR count). The summed E-state index contributed by atoms with van der Waals surface area (Å²) in [5.74, 6) is -0.00815. The van der Waals surface area contributed by atoms with E-state index in [0.29, 0.717) is 17.9 Å². The Kier molecular flexibility index (Phi) is 2.10. The molecule has 3 nitrogen and oxygen atoms in total. The highest BCUT2D eigenvalue weighted by atomic mass is 19.1. The average molecular weight is 193 g/mol. The SMILES string of the molecule is [C-]#[N+]c1cc(F)c(C2CO2)cc1OC. The van der Waals surface area contributed by atoms with Crippen molar-refractivity contribution in [1.82, 2.24) is 0 Å². The molecule has 14 heavy (non-hydrogen) atoms. The summed E-state index contributed by atoms with van der Waals surface area (Å²) in [6.45, 7) is 7.36. The Labute approximate surface area is 80.9 Å². The Hall–Kier alpha value is -1.60. The van der Waals surface area contributed by atoms with Crippen LogP contribution in [0.2, 0.25) is 0 Å². The van der Waals surface area contributed by atoms with Crippen molar-refractivity contribution < 1.29 is 13.9 Å². The third kappa shape index (κ3) is 1.42. The maximum Gasteiger partial charge on any atom is 0.230 e. The first-order valence-electron chi connectivity index (χ1n) is 4.12. The molecule has 4 heteroatoms. The molecule has 1 unspecified atom stereocenters. The Bertz CT molecular complexity index is 407. The van der Waals surface area contributed by atoms with E-state index < -0.39 is 5.82 Å². The Balaban J connectivity index is 2.49. The molecule has 1 aromatic rings. The molecule has 0 aliphatic carbocycles. The number of hydrogen-bond acceptors (Lipinski definition) is 2. The summed E-state index contributed by atoms with van der Waals surface area (Å²) in [4.78, 5) is 3.17. The van der Waals surface area contributed by atoms with Crippen molar-refractivity contribution in [1.29, 1.82) is 0 Å². The maximum atomic E-state index is 13.4. The van der Waals surface area contributed by atoms with Gasteiger partial charge in [-0.1, -0.05) is 0 Å². The zero-order valence-corrected chi connectivity index (χ0v) is 7.58. The molecule has 0 saturated carbocycles. The lowest BCUT2D eigenvalue weighted by Crippen LogP contribution is -1.91. The second kappa shape index (κ2) is 3.28. The molecular formula is C10H8FNO2. The number of halogens is 1. The summed E-state index contributed by atoms with van der Waals surface area (Å²) in [5.41, 5.74) is 0.656. The van der Waals surface area contributed by atoms with E-state index in [-0.39, 0.29) is 11.8 Å². The summed E-state index contributed by atoms with van der Waals surface area (Å²) in [5, 5.41) is 0. The van der Waals surface area contributed by atoms with Gasteiger partial charge in [0.2, 0.25) is 5.69 Å². The summed E-state index contributed by atoms with van der Waals surface area (Å²) in [6.07, 6.45) is -0.163. The largest absolute Gasteiger partial charge is 0.508 e. The van der Waals surface area contributed by atoms with Gasteiger partial charge in [-0.2, -0.15) is 0 Å². The normalized spacial score (nSPS) is 18.8. The standard InChI is InChI=1S/C10H8FNO2/c1-12-8-4-7(11)6(10-5-14-10)3-9(8)13-2/h3-4,10H,5H2,2H3. The zero-order chi connectivity index (χ0) is 10.1. The highest BCUT2D eigenvalue weighted by Crippen LogP contribution is 2.38. The molecule has 1 heterocycles. The Morgan fingerprint density at radius 2 is 2.36 bits per heavy atom. The fourth-order valence-corrected chi connectivity index (χ4v) is 1.28. The summed E-state index contributed by atoms with van der Waals surface area (Å²) in [6, 6.07) is 2.71. The fourth-order valence-electron chi connectivity index (χ4n) is 1.28. The molecule has 1 atom stereocenters. The second-order valence-electron chi connectivity index (χ2n) is 2.98. The van der Waals surface area contributed by atoms with Gasteiger partial charge in [-0.3, -0.25) is 0 Å². The third-order valence-electron chi connectivity index (χ3n) is 2.10. The van der Waals surface area contributed by atoms with E-state index in [1.54, 1.807) is 0 Å². The van der Waals surface area contributed by atoms with Gasteiger partial charge < -0.3 is 9.47 Å². The minimum Gasteiger partial charge on any atom is -0.508 e. The minimum absolute atomic E-state index is 0.163. The van der Waals surface area contributed by atoms with Crippen LogP contribution in [0.15, 0.2) is 12.1 Å². The van der Waals surface area contributed by atoms with Crippen molar-refractivity contribution in [3.05, 3.63) is 34.9 Å². The van der Waals surface area contributed by atoms with Crippen LogP contribution in [0.4, 0.5) is 10.1 Å². The number of benzene rings is 1. The highest BCUT2D eigenvalue weighted by molar-refractivity contribution is 5.59. The molecule has 72 valence electrons. The number of hydrogen-bond donors (Lipinski definition) is 0. The van der Waals surface area contributed by atoms with Crippen LogP contribution >= 0.6 is 0 Å². The second-order valence-corrected chi connectivity index (χ2v) is 2.98. The van der Waals surface area contributed by atoms with Gasteiger partial charge in [0, 0.05) is 5.56 Å². The summed E-state index contributed by atoms with van der Waals surface area (Å²) >= 11 is 0. The van der Waals surface area contributed by atoms with Crippen LogP contribution in [0.3, 0.4) is 0 Å². The molecule has 0 aromatic heterocycles. The van der Waals surface area contributed by atoms with Crippen LogP contribution in [-0.4, -0.2) is 13.7 Å². The van der Waals surface area contributed by atoms with Gasteiger partial charge in [0.15, 0.2) is 0 Å². The van der Waals surface area contributed by atoms with Crippen LogP contribution in [0.5, 0.6) is 5.75 Å². The fraction of sp³-hybridized carbons (Fsp3) is 0.300. The van der Waals surface area contributed by atoms with Crippen LogP contribution in [0.1, 0.15) is 11.7 Å². The van der Waals surface area contributed by atoms with Crippen LogP contribution in [-0.2, 0) is 4.74 Å². The van der Waals surface area contributed by atoms with Gasteiger partial charge >= 0.3 is 0 Å². The maximum absolute atomic E-state index is 13.4. The van der Waals surface area contributed by atoms with Crippen LogP contribution in [0, 0.1) is 12.4 Å². The predicted molar refractivity (Wildman–Crippen MR) is 47.9 cm³/mol. The molecule has 0 N–H and O–H groups in total. The number of methoxy groups -OCH3 is 1. The molecular weight excluding hydrogens is 185 g/mol. The van der Waals surface area contributed by atoms with Crippen molar-refractivity contribution in [2.75, 3.05) is 13.7 Å². The quantitative estimate of drug-likeness (QED) is 0.532. The molecule has 0 spiro atoms. The van der Waals surface area contributed by atoms with Crippen molar-refractivity contribution >= 4 is 5.69 Å². The lowest BCUT2D eigenvalue weighted by atomic mass is 10.1. The molecule has 1 saturated heterocycles. The molecule has 1 aliphatic rings. The lowest BCUT2D eigenvalue weighted by molar-refractivity contribution is 0.399. The van der Waals surface area contributed by atoms with Crippen LogP contribution in [0.25, 0.3) is 4.85 Å². The molecule has 1 aromatic carbocycles. The van der Waals surface area contributed by atoms with E-state index in [9.17, 15) is 4.39 Å². The first kappa shape index (κ1) is 8.97. The van der Waals surface area contributed by atoms with E-state index in [1.165, 1.54) is 19.2 Å². The van der Waals surface area contributed by atoms with E-state index in [2.05, 4.69) is 4.85 Å². The van der Waals surface area contributed by atoms with Crippen molar-refractivity contribution in [2.24, 2.45) is 0 Å². The minimum atomic E-state index is -0.403. The van der Waals surface area contributed by atoms with Crippen molar-refractivity contribution in [2.45, 2.75) is 6.10 Å². The smallest absolute Gasteiger partial charge is 0.230 e. The molecule has 0 radical (unpaired) electrons.